The molecule has 2 aliphatic heterocycles. The van der Waals surface area contributed by atoms with E-state index in [4.69, 9.17) is 10.5 Å². The van der Waals surface area contributed by atoms with E-state index in [0.717, 1.165) is 0 Å². The van der Waals surface area contributed by atoms with Gasteiger partial charge in [-0.3, -0.25) is 9.59 Å². The van der Waals surface area contributed by atoms with Crippen molar-refractivity contribution < 1.29 is 14.3 Å². The van der Waals surface area contributed by atoms with Crippen molar-refractivity contribution in [1.82, 2.24) is 25.1 Å². The van der Waals surface area contributed by atoms with Gasteiger partial charge >= 0.3 is 5.97 Å². The molecular formula is C11H16N6O3S2. The largest absolute Gasteiger partial charge is 0.468 e. The maximum absolute atomic E-state index is 12.3. The summed E-state index contributed by atoms with van der Waals surface area (Å²) in [4.78, 5) is 25.9. The van der Waals surface area contributed by atoms with Gasteiger partial charge in [0.1, 0.15) is 16.8 Å². The number of fused-ring (bicyclic) bond motifs is 1. The summed E-state index contributed by atoms with van der Waals surface area (Å²) in [5.74, 6) is 0.553. The lowest BCUT2D eigenvalue weighted by Gasteiger charge is -2.52. The van der Waals surface area contributed by atoms with E-state index in [-0.39, 0.29) is 17.3 Å². The topological polar surface area (TPSA) is 116 Å². The van der Waals surface area contributed by atoms with E-state index in [0.29, 0.717) is 23.2 Å². The number of nitrogens with zero attached hydrogens (tertiary/aromatic N) is 5. The molecule has 3 rings (SSSR count). The highest BCUT2D eigenvalue weighted by Crippen LogP contribution is 2.44. The van der Waals surface area contributed by atoms with Crippen molar-refractivity contribution in [2.24, 2.45) is 18.2 Å². The number of β-lactam (4-membered cyclic amide) rings is 1. The quantitative estimate of drug-likeness (QED) is 0.404. The van der Waals surface area contributed by atoms with Crippen LogP contribution in [0.15, 0.2) is 5.16 Å². The lowest BCUT2D eigenvalue weighted by atomic mass is 9.89. The van der Waals surface area contributed by atoms with E-state index in [9.17, 15) is 9.59 Å². The highest BCUT2D eigenvalue weighted by atomic mass is 32.2. The van der Waals surface area contributed by atoms with Crippen molar-refractivity contribution >= 4 is 35.4 Å². The number of rotatable bonds is 4. The third kappa shape index (κ3) is 2.36. The van der Waals surface area contributed by atoms with Gasteiger partial charge in [-0.1, -0.05) is 11.8 Å². The molecule has 2 saturated heterocycles. The molecule has 2 aliphatic rings. The Morgan fingerprint density at radius 1 is 1.64 bits per heavy atom. The van der Waals surface area contributed by atoms with Crippen LogP contribution in [0.25, 0.3) is 0 Å². The summed E-state index contributed by atoms with van der Waals surface area (Å²) in [6.45, 7) is 0.322. The minimum Gasteiger partial charge on any atom is -0.468 e. The van der Waals surface area contributed by atoms with Crippen LogP contribution in [0.4, 0.5) is 0 Å². The molecule has 11 heteroatoms. The monoisotopic (exact) mass is 344 g/mol. The molecule has 22 heavy (non-hydrogen) atoms. The zero-order valence-electron chi connectivity index (χ0n) is 12.1. The molecule has 0 radical (unpaired) electrons. The predicted octanol–water partition coefficient (Wildman–Crippen LogP) is -1.30. The molecule has 0 aliphatic carbocycles. The number of carbonyl (C=O) groups is 2. The standard InChI is InChI=1S/C11H16N6O3S2/c1-16-10(13-14-15-16)22-5-11(9(19)20-2)3-17-7(18)6(12)8(17)21-4-11/h6,8H,3-5,12H2,1-2H3/t6?,8-,11?/m1/s1. The summed E-state index contributed by atoms with van der Waals surface area (Å²) in [5.41, 5.74) is 5.01. The number of tetrazole rings is 1. The number of carbonyl (C=O) groups excluding carboxylic acids is 2. The average Bonchev–Trinajstić information content (AvgIpc) is 2.96. The normalized spacial score (nSPS) is 30.7. The molecule has 0 bridgehead atoms. The van der Waals surface area contributed by atoms with E-state index in [2.05, 4.69) is 15.5 Å². The van der Waals surface area contributed by atoms with Gasteiger partial charge in [0.15, 0.2) is 0 Å². The Morgan fingerprint density at radius 3 is 3.05 bits per heavy atom. The van der Waals surface area contributed by atoms with Crippen LogP contribution in [-0.4, -0.2) is 73.6 Å². The second-order valence-electron chi connectivity index (χ2n) is 5.34. The Labute approximate surface area is 135 Å². The van der Waals surface area contributed by atoms with Gasteiger partial charge in [-0.05, 0) is 10.4 Å². The van der Waals surface area contributed by atoms with Crippen molar-refractivity contribution in [1.29, 1.82) is 0 Å². The van der Waals surface area contributed by atoms with Crippen LogP contribution in [0.3, 0.4) is 0 Å². The lowest BCUT2D eigenvalue weighted by Crippen LogP contribution is -2.72. The maximum atomic E-state index is 12.3. The molecule has 2 N–H and O–H groups in total. The van der Waals surface area contributed by atoms with Gasteiger partial charge in [-0.2, -0.15) is 0 Å². The number of methoxy groups -OCH3 is 1. The van der Waals surface area contributed by atoms with Gasteiger partial charge in [-0.25, -0.2) is 4.68 Å². The van der Waals surface area contributed by atoms with E-state index < -0.39 is 11.5 Å². The number of amides is 1. The fourth-order valence-corrected chi connectivity index (χ4v) is 5.21. The molecule has 120 valence electrons. The van der Waals surface area contributed by atoms with Crippen molar-refractivity contribution in [2.75, 3.05) is 25.2 Å². The molecule has 0 spiro atoms. The number of hydrogen-bond acceptors (Lipinski definition) is 9. The van der Waals surface area contributed by atoms with E-state index in [1.165, 1.54) is 30.6 Å². The van der Waals surface area contributed by atoms with Gasteiger partial charge in [0, 0.05) is 25.1 Å². The smallest absolute Gasteiger partial charge is 0.315 e. The number of hydrogen-bond donors (Lipinski definition) is 1. The minimum absolute atomic E-state index is 0.0354. The highest BCUT2D eigenvalue weighted by Gasteiger charge is 2.56. The fraction of sp³-hybridized carbons (Fsp3) is 0.727. The number of nitrogens with two attached hydrogens (primary N) is 1. The maximum Gasteiger partial charge on any atom is 0.315 e. The van der Waals surface area contributed by atoms with Gasteiger partial charge in [0.05, 0.1) is 7.11 Å². The Bertz CT molecular complexity index is 610. The molecule has 3 heterocycles. The van der Waals surface area contributed by atoms with Crippen LogP contribution >= 0.6 is 23.5 Å². The molecule has 1 amide bonds. The van der Waals surface area contributed by atoms with Crippen LogP contribution in [0.5, 0.6) is 0 Å². The summed E-state index contributed by atoms with van der Waals surface area (Å²) < 4.78 is 6.51. The number of aryl methyl sites for hydroxylation is 1. The number of aromatic nitrogens is 4. The third-order valence-electron chi connectivity index (χ3n) is 3.86. The Morgan fingerprint density at radius 2 is 2.41 bits per heavy atom. The average molecular weight is 344 g/mol. The first-order valence-corrected chi connectivity index (χ1v) is 8.63. The van der Waals surface area contributed by atoms with Crippen LogP contribution in [-0.2, 0) is 21.4 Å². The second-order valence-corrected chi connectivity index (χ2v) is 7.39. The van der Waals surface area contributed by atoms with Gasteiger partial charge in [0.25, 0.3) is 0 Å². The minimum atomic E-state index is -0.775. The first-order chi connectivity index (χ1) is 10.5. The molecule has 2 fully saturated rings. The van der Waals surface area contributed by atoms with Crippen molar-refractivity contribution in [3.05, 3.63) is 0 Å². The molecule has 9 nitrogen and oxygen atoms in total. The highest BCUT2D eigenvalue weighted by molar-refractivity contribution is 8.00. The number of thioether (sulfide) groups is 2. The van der Waals surface area contributed by atoms with E-state index in [1.807, 2.05) is 0 Å². The third-order valence-corrected chi connectivity index (χ3v) is 6.77. The summed E-state index contributed by atoms with van der Waals surface area (Å²) in [5, 5.41) is 11.8. The van der Waals surface area contributed by atoms with Crippen molar-refractivity contribution in [3.8, 4) is 0 Å². The summed E-state index contributed by atoms with van der Waals surface area (Å²) >= 11 is 2.90. The van der Waals surface area contributed by atoms with E-state index >= 15 is 0 Å². The van der Waals surface area contributed by atoms with Crippen molar-refractivity contribution in [3.63, 3.8) is 0 Å². The number of esters is 1. The molecule has 1 aromatic heterocycles. The van der Waals surface area contributed by atoms with Gasteiger partial charge < -0.3 is 15.4 Å². The molecule has 2 unspecified atom stereocenters. The fourth-order valence-electron chi connectivity index (χ4n) is 2.56. The Hall–Kier alpha value is -1.33. The SMILES string of the molecule is COC(=O)C1(CSc2nnnn2C)CS[C@@H]2C(N)C(=O)N2C1. The summed E-state index contributed by atoms with van der Waals surface area (Å²) in [6.07, 6.45) is 0. The zero-order valence-corrected chi connectivity index (χ0v) is 13.8. The summed E-state index contributed by atoms with van der Waals surface area (Å²) in [6, 6.07) is -0.462. The van der Waals surface area contributed by atoms with Crippen LogP contribution < -0.4 is 5.73 Å². The lowest BCUT2D eigenvalue weighted by molar-refractivity contribution is -0.157. The van der Waals surface area contributed by atoms with Crippen molar-refractivity contribution in [2.45, 2.75) is 16.6 Å². The van der Waals surface area contributed by atoms with Gasteiger partial charge in [-0.15, -0.1) is 16.9 Å². The second kappa shape index (κ2) is 5.70. The molecular weight excluding hydrogens is 328 g/mol. The molecule has 0 saturated carbocycles. The van der Waals surface area contributed by atoms with Crippen LogP contribution in [0, 0.1) is 5.41 Å². The first-order valence-electron chi connectivity index (χ1n) is 6.60. The predicted molar refractivity (Wildman–Crippen MR) is 79.9 cm³/mol. The number of ether oxygens (including phenoxy) is 1. The van der Waals surface area contributed by atoms with Crippen LogP contribution in [0.2, 0.25) is 0 Å². The van der Waals surface area contributed by atoms with Crippen LogP contribution in [0.1, 0.15) is 0 Å². The molecule has 0 aromatic carbocycles. The molecule has 1 aromatic rings. The Balaban J connectivity index is 1.76. The Kier molecular flexibility index (Phi) is 4.03. The summed E-state index contributed by atoms with van der Waals surface area (Å²) in [7, 11) is 3.09. The molecule has 3 atom stereocenters. The van der Waals surface area contributed by atoms with Gasteiger partial charge in [0.2, 0.25) is 11.1 Å². The zero-order chi connectivity index (χ0) is 15.9. The first kappa shape index (κ1) is 15.6. The van der Waals surface area contributed by atoms with E-state index in [1.54, 1.807) is 16.6 Å².